The quantitative estimate of drug-likeness (QED) is 0.747. The number of carbonyl (C=O) groups is 2. The van der Waals surface area contributed by atoms with Crippen molar-refractivity contribution in [2.45, 2.75) is 31.7 Å². The zero-order chi connectivity index (χ0) is 17.6. The molecule has 24 heavy (non-hydrogen) atoms. The van der Waals surface area contributed by atoms with Crippen molar-refractivity contribution in [1.82, 2.24) is 10.6 Å². The summed E-state index contributed by atoms with van der Waals surface area (Å²) < 4.78 is 36.0. The fourth-order valence-electron chi connectivity index (χ4n) is 2.60. The Morgan fingerprint density at radius 1 is 1.21 bits per heavy atom. The first kappa shape index (κ1) is 18.4. The molecule has 1 aliphatic rings. The lowest BCUT2D eigenvalue weighted by molar-refractivity contribution is -0.126. The van der Waals surface area contributed by atoms with E-state index in [2.05, 4.69) is 10.6 Å². The Hall–Kier alpha value is -1.96. The molecule has 1 saturated heterocycles. The molecule has 8 heteroatoms. The minimum Gasteiger partial charge on any atom is -0.351 e. The van der Waals surface area contributed by atoms with Crippen LogP contribution in [-0.4, -0.2) is 44.3 Å². The molecule has 0 spiro atoms. The van der Waals surface area contributed by atoms with Crippen molar-refractivity contribution in [3.05, 3.63) is 35.6 Å². The monoisotopic (exact) mass is 356 g/mol. The molecule has 1 heterocycles. The van der Waals surface area contributed by atoms with Gasteiger partial charge in [-0.1, -0.05) is 18.2 Å². The highest BCUT2D eigenvalue weighted by Crippen LogP contribution is 2.11. The molecule has 2 N–H and O–H groups in total. The van der Waals surface area contributed by atoms with Crippen LogP contribution in [0.15, 0.2) is 24.3 Å². The van der Waals surface area contributed by atoms with E-state index in [-0.39, 0.29) is 42.2 Å². The summed E-state index contributed by atoms with van der Waals surface area (Å²) in [6, 6.07) is 6.03. The molecule has 1 aromatic rings. The van der Waals surface area contributed by atoms with Gasteiger partial charge in [-0.05, 0) is 30.9 Å². The minimum atomic E-state index is -3.05. The van der Waals surface area contributed by atoms with Crippen molar-refractivity contribution in [2.24, 2.45) is 0 Å². The van der Waals surface area contributed by atoms with Crippen LogP contribution in [0.3, 0.4) is 0 Å². The van der Waals surface area contributed by atoms with Gasteiger partial charge in [0.15, 0.2) is 9.84 Å². The molecular weight excluding hydrogens is 335 g/mol. The predicted molar refractivity (Wildman–Crippen MR) is 87.5 cm³/mol. The second kappa shape index (κ2) is 8.23. The van der Waals surface area contributed by atoms with E-state index < -0.39 is 15.7 Å². The Labute approximate surface area is 140 Å². The molecule has 0 radical (unpaired) electrons. The zero-order valence-corrected chi connectivity index (χ0v) is 14.1. The number of benzene rings is 1. The van der Waals surface area contributed by atoms with Crippen LogP contribution >= 0.6 is 0 Å². The van der Waals surface area contributed by atoms with Crippen LogP contribution in [0.5, 0.6) is 0 Å². The largest absolute Gasteiger partial charge is 0.351 e. The van der Waals surface area contributed by atoms with Crippen LogP contribution in [0.4, 0.5) is 4.39 Å². The van der Waals surface area contributed by atoms with Gasteiger partial charge in [0.05, 0.1) is 18.1 Å². The Morgan fingerprint density at radius 3 is 2.62 bits per heavy atom. The molecule has 1 atom stereocenters. The Kier molecular flexibility index (Phi) is 6.30. The smallest absolute Gasteiger partial charge is 0.239 e. The van der Waals surface area contributed by atoms with Crippen LogP contribution < -0.4 is 10.6 Å². The lowest BCUT2D eigenvalue weighted by Crippen LogP contribution is -2.42. The molecule has 6 nitrogen and oxygen atoms in total. The maximum absolute atomic E-state index is 13.4. The molecule has 0 aromatic heterocycles. The summed E-state index contributed by atoms with van der Waals surface area (Å²) in [5.41, 5.74) is 0.561. The lowest BCUT2D eigenvalue weighted by Gasteiger charge is -2.11. The van der Waals surface area contributed by atoms with E-state index in [1.165, 1.54) is 6.07 Å². The van der Waals surface area contributed by atoms with Crippen LogP contribution in [0.25, 0.3) is 0 Å². The number of sulfone groups is 1. The molecule has 1 aliphatic heterocycles. The van der Waals surface area contributed by atoms with Crippen molar-refractivity contribution in [2.75, 3.05) is 18.1 Å². The number of amides is 2. The highest BCUT2D eigenvalue weighted by Gasteiger charge is 2.28. The van der Waals surface area contributed by atoms with Gasteiger partial charge in [-0.25, -0.2) is 12.8 Å². The summed E-state index contributed by atoms with van der Waals surface area (Å²) >= 11 is 0. The topological polar surface area (TPSA) is 92.3 Å². The maximum atomic E-state index is 13.4. The molecule has 0 bridgehead atoms. The lowest BCUT2D eigenvalue weighted by atomic mass is 10.1. The first-order valence-corrected chi connectivity index (χ1v) is 9.68. The number of carbonyl (C=O) groups excluding carboxylic acids is 2. The standard InChI is InChI=1S/C16H21FN2O4S/c17-14-6-2-1-4-12(14)5-3-7-15(20)18-10-16(21)19-13-8-9-24(22,23)11-13/h1-2,4,6,13H,3,5,7-11H2,(H,18,20)(H,19,21). The maximum Gasteiger partial charge on any atom is 0.239 e. The normalized spacial score (nSPS) is 19.0. The Balaban J connectivity index is 1.62. The van der Waals surface area contributed by atoms with Crippen LogP contribution in [0.2, 0.25) is 0 Å². The third-order valence-electron chi connectivity index (χ3n) is 3.85. The average Bonchev–Trinajstić information content (AvgIpc) is 2.86. The number of hydrogen-bond acceptors (Lipinski definition) is 4. The summed E-state index contributed by atoms with van der Waals surface area (Å²) in [5, 5.41) is 5.08. The molecule has 1 aromatic carbocycles. The van der Waals surface area contributed by atoms with Gasteiger partial charge in [0.25, 0.3) is 0 Å². The second-order valence-corrected chi connectivity index (χ2v) is 8.12. The van der Waals surface area contributed by atoms with Gasteiger partial charge in [-0.15, -0.1) is 0 Å². The van der Waals surface area contributed by atoms with E-state index in [0.717, 1.165) is 0 Å². The van der Waals surface area contributed by atoms with Gasteiger partial charge in [-0.3, -0.25) is 9.59 Å². The molecule has 2 amide bonds. The van der Waals surface area contributed by atoms with E-state index in [1.807, 2.05) is 0 Å². The SMILES string of the molecule is O=C(CCCc1ccccc1F)NCC(=O)NC1CCS(=O)(=O)C1. The third-order valence-corrected chi connectivity index (χ3v) is 5.62. The zero-order valence-electron chi connectivity index (χ0n) is 13.3. The number of nitrogens with one attached hydrogen (secondary N) is 2. The van der Waals surface area contributed by atoms with E-state index >= 15 is 0 Å². The summed E-state index contributed by atoms with van der Waals surface area (Å²) in [6.45, 7) is -0.185. The fourth-order valence-corrected chi connectivity index (χ4v) is 4.27. The average molecular weight is 356 g/mol. The number of hydrogen-bond donors (Lipinski definition) is 2. The summed E-state index contributed by atoms with van der Waals surface area (Å²) in [4.78, 5) is 23.4. The van der Waals surface area contributed by atoms with Crippen molar-refractivity contribution in [1.29, 1.82) is 0 Å². The molecule has 1 fully saturated rings. The van der Waals surface area contributed by atoms with E-state index in [4.69, 9.17) is 0 Å². The highest BCUT2D eigenvalue weighted by molar-refractivity contribution is 7.91. The molecule has 0 saturated carbocycles. The Bertz CT molecular complexity index is 706. The highest BCUT2D eigenvalue weighted by atomic mass is 32.2. The first-order valence-electron chi connectivity index (χ1n) is 7.85. The van der Waals surface area contributed by atoms with Crippen molar-refractivity contribution in [3.63, 3.8) is 0 Å². The fraction of sp³-hybridized carbons (Fsp3) is 0.500. The Morgan fingerprint density at radius 2 is 1.96 bits per heavy atom. The number of rotatable bonds is 7. The van der Waals surface area contributed by atoms with Gasteiger partial charge in [-0.2, -0.15) is 0 Å². The van der Waals surface area contributed by atoms with E-state index in [1.54, 1.807) is 18.2 Å². The van der Waals surface area contributed by atoms with Gasteiger partial charge >= 0.3 is 0 Å². The molecule has 2 rings (SSSR count). The van der Waals surface area contributed by atoms with Gasteiger partial charge in [0, 0.05) is 12.5 Å². The van der Waals surface area contributed by atoms with E-state index in [0.29, 0.717) is 24.8 Å². The van der Waals surface area contributed by atoms with Crippen LogP contribution in [0, 0.1) is 5.82 Å². The van der Waals surface area contributed by atoms with Gasteiger partial charge in [0.1, 0.15) is 5.82 Å². The van der Waals surface area contributed by atoms with Crippen LogP contribution in [0.1, 0.15) is 24.8 Å². The summed E-state index contributed by atoms with van der Waals surface area (Å²) in [6.07, 6.45) is 1.53. The van der Waals surface area contributed by atoms with E-state index in [9.17, 15) is 22.4 Å². The minimum absolute atomic E-state index is 0.0463. The molecule has 0 aliphatic carbocycles. The number of halogens is 1. The van der Waals surface area contributed by atoms with Crippen molar-refractivity contribution in [3.8, 4) is 0 Å². The van der Waals surface area contributed by atoms with Crippen LogP contribution in [-0.2, 0) is 25.8 Å². The van der Waals surface area contributed by atoms with Crippen molar-refractivity contribution < 1.29 is 22.4 Å². The van der Waals surface area contributed by atoms with Gasteiger partial charge < -0.3 is 10.6 Å². The molecule has 132 valence electrons. The summed E-state index contributed by atoms with van der Waals surface area (Å²) in [7, 11) is -3.05. The predicted octanol–water partition coefficient (Wildman–Crippen LogP) is 0.568. The van der Waals surface area contributed by atoms with Crippen molar-refractivity contribution >= 4 is 21.7 Å². The van der Waals surface area contributed by atoms with Gasteiger partial charge in [0.2, 0.25) is 11.8 Å². The molecule has 1 unspecified atom stereocenters. The third kappa shape index (κ3) is 5.92. The first-order chi connectivity index (χ1) is 11.4. The summed E-state index contributed by atoms with van der Waals surface area (Å²) in [5.74, 6) is -0.945. The number of aryl methyl sites for hydroxylation is 1. The molecular formula is C16H21FN2O4S. The second-order valence-electron chi connectivity index (χ2n) is 5.89.